The Labute approximate surface area is 189 Å². The van der Waals surface area contributed by atoms with Gasteiger partial charge in [-0.2, -0.15) is 0 Å². The third-order valence-electron chi connectivity index (χ3n) is 5.25. The summed E-state index contributed by atoms with van der Waals surface area (Å²) in [5, 5.41) is 3.35. The fraction of sp³-hybridized carbons (Fsp3) is 0.318. The van der Waals surface area contributed by atoms with Gasteiger partial charge in [0.2, 0.25) is 11.8 Å². The number of amides is 2. The average Bonchev–Trinajstić information content (AvgIpc) is 3.23. The summed E-state index contributed by atoms with van der Waals surface area (Å²) in [6, 6.07) is 7.16. The van der Waals surface area contributed by atoms with Crippen LogP contribution in [0, 0.1) is 13.8 Å². The Hall–Kier alpha value is -2.68. The Morgan fingerprint density at radius 3 is 2.68 bits per heavy atom. The number of nitrogens with one attached hydrogen (secondary N) is 1. The zero-order valence-corrected chi connectivity index (χ0v) is 19.0. The van der Waals surface area contributed by atoms with Crippen molar-refractivity contribution in [1.82, 2.24) is 19.2 Å². The van der Waals surface area contributed by atoms with Crippen LogP contribution in [0.3, 0.4) is 0 Å². The highest BCUT2D eigenvalue weighted by Crippen LogP contribution is 2.22. The molecular formula is C22H24ClN5O2S. The zero-order chi connectivity index (χ0) is 22.0. The average molecular weight is 458 g/mol. The first-order chi connectivity index (χ1) is 14.9. The molecule has 9 heteroatoms. The van der Waals surface area contributed by atoms with E-state index in [0.717, 1.165) is 16.3 Å². The van der Waals surface area contributed by atoms with E-state index in [4.69, 9.17) is 11.6 Å². The number of benzene rings is 1. The molecule has 1 aliphatic rings. The predicted octanol–water partition coefficient (Wildman–Crippen LogP) is 3.46. The number of thiazole rings is 1. The molecule has 0 radical (unpaired) electrons. The molecule has 1 N–H and O–H groups in total. The quantitative estimate of drug-likeness (QED) is 0.595. The standard InChI is InChI=1S/C22H24ClN5O2S/c1-15-13-28-19(16(2)24-22(28)31-15)7-8-21(30)27-11-9-26(10-12-27)14-20(29)25-18-6-4-3-5-17(18)23/h3-8,13H,9-12,14H2,1-2H3,(H,25,29). The van der Waals surface area contributed by atoms with Crippen molar-refractivity contribution in [3.8, 4) is 0 Å². The van der Waals surface area contributed by atoms with Crippen LogP contribution in [-0.2, 0) is 9.59 Å². The Balaban J connectivity index is 1.29. The van der Waals surface area contributed by atoms with Gasteiger partial charge >= 0.3 is 0 Å². The summed E-state index contributed by atoms with van der Waals surface area (Å²) in [4.78, 5) is 35.5. The first-order valence-corrected chi connectivity index (χ1v) is 11.3. The van der Waals surface area contributed by atoms with Crippen molar-refractivity contribution in [2.45, 2.75) is 13.8 Å². The number of rotatable bonds is 5. The molecule has 2 aromatic heterocycles. The van der Waals surface area contributed by atoms with Crippen LogP contribution in [0.4, 0.5) is 5.69 Å². The van der Waals surface area contributed by atoms with Crippen LogP contribution in [0.5, 0.6) is 0 Å². The van der Waals surface area contributed by atoms with Gasteiger partial charge < -0.3 is 10.2 Å². The minimum absolute atomic E-state index is 0.0264. The molecule has 0 spiro atoms. The smallest absolute Gasteiger partial charge is 0.246 e. The summed E-state index contributed by atoms with van der Waals surface area (Å²) < 4.78 is 2.02. The molecule has 0 bridgehead atoms. The van der Waals surface area contributed by atoms with E-state index in [1.807, 2.05) is 52.5 Å². The van der Waals surface area contributed by atoms with Gasteiger partial charge in [-0.1, -0.05) is 23.7 Å². The van der Waals surface area contributed by atoms with Gasteiger partial charge in [-0.15, -0.1) is 11.3 Å². The van der Waals surface area contributed by atoms with Crippen LogP contribution in [0.15, 0.2) is 36.5 Å². The second-order valence-electron chi connectivity index (χ2n) is 7.54. The lowest BCUT2D eigenvalue weighted by Crippen LogP contribution is -2.50. The lowest BCUT2D eigenvalue weighted by Gasteiger charge is -2.33. The van der Waals surface area contributed by atoms with Crippen molar-refractivity contribution in [3.05, 3.63) is 57.8 Å². The lowest BCUT2D eigenvalue weighted by molar-refractivity contribution is -0.127. The molecule has 0 unspecified atom stereocenters. The van der Waals surface area contributed by atoms with Gasteiger partial charge in [-0.25, -0.2) is 4.98 Å². The number of anilines is 1. The van der Waals surface area contributed by atoms with E-state index in [1.54, 1.807) is 29.5 Å². The van der Waals surface area contributed by atoms with Gasteiger partial charge in [0.15, 0.2) is 4.96 Å². The van der Waals surface area contributed by atoms with Gasteiger partial charge in [-0.3, -0.25) is 18.9 Å². The maximum absolute atomic E-state index is 12.7. The summed E-state index contributed by atoms with van der Waals surface area (Å²) in [6.07, 6.45) is 5.49. The molecule has 0 saturated carbocycles. The van der Waals surface area contributed by atoms with Crippen LogP contribution in [0.1, 0.15) is 16.3 Å². The molecule has 0 aliphatic carbocycles. The molecule has 2 amide bonds. The first-order valence-electron chi connectivity index (χ1n) is 10.1. The van der Waals surface area contributed by atoms with Crippen LogP contribution >= 0.6 is 22.9 Å². The van der Waals surface area contributed by atoms with Crippen LogP contribution in [0.25, 0.3) is 11.0 Å². The normalized spacial score (nSPS) is 15.1. The highest BCUT2D eigenvalue weighted by molar-refractivity contribution is 7.17. The molecule has 1 fully saturated rings. The summed E-state index contributed by atoms with van der Waals surface area (Å²) >= 11 is 7.72. The Bertz CT molecular complexity index is 1140. The summed E-state index contributed by atoms with van der Waals surface area (Å²) in [5.74, 6) is -0.138. The molecule has 3 aromatic rings. The highest BCUT2D eigenvalue weighted by Gasteiger charge is 2.21. The number of imidazole rings is 1. The number of fused-ring (bicyclic) bond motifs is 1. The molecule has 1 saturated heterocycles. The summed E-state index contributed by atoms with van der Waals surface area (Å²) in [5.41, 5.74) is 2.45. The van der Waals surface area contributed by atoms with Gasteiger partial charge in [0.1, 0.15) is 0 Å². The SMILES string of the molecule is Cc1cn2c(C=CC(=O)N3CCN(CC(=O)Nc4ccccc4Cl)CC3)c(C)nc2s1. The number of aryl methyl sites for hydroxylation is 2. The number of hydrogen-bond acceptors (Lipinski definition) is 5. The van der Waals surface area contributed by atoms with Gasteiger partial charge in [0, 0.05) is 43.3 Å². The number of carbonyl (C=O) groups excluding carboxylic acids is 2. The van der Waals surface area contributed by atoms with Crippen molar-refractivity contribution in [2.24, 2.45) is 0 Å². The molecule has 4 rings (SSSR count). The predicted molar refractivity (Wildman–Crippen MR) is 125 cm³/mol. The van der Waals surface area contributed by atoms with Crippen molar-refractivity contribution < 1.29 is 9.59 Å². The number of carbonyl (C=O) groups is 2. The van der Waals surface area contributed by atoms with Crippen molar-refractivity contribution in [2.75, 3.05) is 38.0 Å². The Morgan fingerprint density at radius 2 is 1.94 bits per heavy atom. The fourth-order valence-electron chi connectivity index (χ4n) is 3.62. The summed E-state index contributed by atoms with van der Waals surface area (Å²) in [7, 11) is 0. The maximum Gasteiger partial charge on any atom is 0.246 e. The number of aromatic nitrogens is 2. The summed E-state index contributed by atoms with van der Waals surface area (Å²) in [6.45, 7) is 6.73. The third-order valence-corrected chi connectivity index (χ3v) is 6.47. The fourth-order valence-corrected chi connectivity index (χ4v) is 4.68. The van der Waals surface area contributed by atoms with Gasteiger partial charge in [0.05, 0.1) is 28.6 Å². The molecule has 1 aliphatic heterocycles. The van der Waals surface area contributed by atoms with Gasteiger partial charge in [0.25, 0.3) is 0 Å². The largest absolute Gasteiger partial charge is 0.337 e. The van der Waals surface area contributed by atoms with E-state index in [0.29, 0.717) is 36.9 Å². The van der Waals surface area contributed by atoms with Crippen molar-refractivity contribution in [3.63, 3.8) is 0 Å². The highest BCUT2D eigenvalue weighted by atomic mass is 35.5. The Kier molecular flexibility index (Phi) is 6.41. The lowest BCUT2D eigenvalue weighted by atomic mass is 10.2. The number of halogens is 1. The van der Waals surface area contributed by atoms with Crippen molar-refractivity contribution >= 4 is 51.5 Å². The van der Waals surface area contributed by atoms with E-state index in [9.17, 15) is 9.59 Å². The number of para-hydroxylation sites is 1. The van der Waals surface area contributed by atoms with E-state index in [-0.39, 0.29) is 18.4 Å². The second kappa shape index (κ2) is 9.21. The third kappa shape index (κ3) is 4.98. The molecule has 7 nitrogen and oxygen atoms in total. The van der Waals surface area contributed by atoms with E-state index in [2.05, 4.69) is 10.3 Å². The molecule has 162 valence electrons. The number of hydrogen-bond donors (Lipinski definition) is 1. The topological polar surface area (TPSA) is 70.0 Å². The number of nitrogens with zero attached hydrogens (tertiary/aromatic N) is 4. The monoisotopic (exact) mass is 457 g/mol. The molecule has 31 heavy (non-hydrogen) atoms. The van der Waals surface area contributed by atoms with Gasteiger partial charge in [-0.05, 0) is 32.1 Å². The second-order valence-corrected chi connectivity index (χ2v) is 9.16. The Morgan fingerprint density at radius 1 is 1.19 bits per heavy atom. The van der Waals surface area contributed by atoms with Crippen molar-refractivity contribution in [1.29, 1.82) is 0 Å². The van der Waals surface area contributed by atoms with E-state index < -0.39 is 0 Å². The minimum Gasteiger partial charge on any atom is -0.337 e. The van der Waals surface area contributed by atoms with Crippen LogP contribution in [-0.4, -0.2) is 63.7 Å². The molecule has 0 atom stereocenters. The van der Waals surface area contributed by atoms with E-state index in [1.165, 1.54) is 4.88 Å². The molecule has 1 aromatic carbocycles. The maximum atomic E-state index is 12.7. The zero-order valence-electron chi connectivity index (χ0n) is 17.5. The minimum atomic E-state index is -0.112. The number of piperazine rings is 1. The van der Waals surface area contributed by atoms with E-state index >= 15 is 0 Å². The first kappa shape index (κ1) is 21.5. The van der Waals surface area contributed by atoms with Crippen LogP contribution < -0.4 is 5.32 Å². The molecule has 3 heterocycles. The molecular weight excluding hydrogens is 434 g/mol. The van der Waals surface area contributed by atoms with Crippen LogP contribution in [0.2, 0.25) is 5.02 Å².